The molecule has 3 rings (SSSR count). The Kier molecular flexibility index (Phi) is 2.82. The molecule has 0 atom stereocenters. The molecule has 0 unspecified atom stereocenters. The predicted octanol–water partition coefficient (Wildman–Crippen LogP) is 2.24. The first-order valence-corrected chi connectivity index (χ1v) is 6.74. The number of para-hydroxylation sites is 1. The summed E-state index contributed by atoms with van der Waals surface area (Å²) in [5.74, 6) is 0.167. The molecule has 0 aliphatic carbocycles. The summed E-state index contributed by atoms with van der Waals surface area (Å²) < 4.78 is 12.1. The molecule has 20 heavy (non-hydrogen) atoms. The Morgan fingerprint density at radius 2 is 1.70 bits per heavy atom. The van der Waals surface area contributed by atoms with Gasteiger partial charge in [0.1, 0.15) is 11.3 Å². The molecule has 5 heteroatoms. The lowest BCUT2D eigenvalue weighted by Crippen LogP contribution is -2.41. The Hall–Kier alpha value is -1.59. The van der Waals surface area contributed by atoms with Gasteiger partial charge in [-0.05, 0) is 45.3 Å². The zero-order chi connectivity index (χ0) is 14.5. The predicted molar refractivity (Wildman–Crippen MR) is 79.1 cm³/mol. The van der Waals surface area contributed by atoms with Crippen molar-refractivity contribution in [3.8, 4) is 5.75 Å². The van der Waals surface area contributed by atoms with Crippen molar-refractivity contribution in [1.82, 2.24) is 4.98 Å². The molecule has 4 nitrogen and oxygen atoms in total. The SMILES string of the molecule is CC1(C)OB(c2ccnc3c(O)cccc23)OC1(C)C. The van der Waals surface area contributed by atoms with Crippen molar-refractivity contribution in [3.63, 3.8) is 0 Å². The number of pyridine rings is 1. The van der Waals surface area contributed by atoms with Gasteiger partial charge in [0.15, 0.2) is 0 Å². The summed E-state index contributed by atoms with van der Waals surface area (Å²) in [4.78, 5) is 4.22. The van der Waals surface area contributed by atoms with Gasteiger partial charge in [-0.25, -0.2) is 0 Å². The van der Waals surface area contributed by atoms with Gasteiger partial charge in [-0.1, -0.05) is 12.1 Å². The first-order chi connectivity index (χ1) is 9.32. The topological polar surface area (TPSA) is 51.6 Å². The average molecular weight is 271 g/mol. The van der Waals surface area contributed by atoms with Crippen molar-refractivity contribution < 1.29 is 14.4 Å². The highest BCUT2D eigenvalue weighted by Crippen LogP contribution is 2.37. The summed E-state index contributed by atoms with van der Waals surface area (Å²) in [5, 5.41) is 10.8. The minimum Gasteiger partial charge on any atom is -0.506 e. The Balaban J connectivity index is 2.11. The van der Waals surface area contributed by atoms with Crippen LogP contribution in [0.15, 0.2) is 30.5 Å². The molecule has 0 saturated carbocycles. The van der Waals surface area contributed by atoms with Gasteiger partial charge >= 0.3 is 7.12 Å². The molecule has 1 aromatic heterocycles. The van der Waals surface area contributed by atoms with Gasteiger partial charge in [-0.15, -0.1) is 0 Å². The highest BCUT2D eigenvalue weighted by atomic mass is 16.7. The van der Waals surface area contributed by atoms with E-state index in [0.29, 0.717) is 5.52 Å². The van der Waals surface area contributed by atoms with Gasteiger partial charge in [0, 0.05) is 11.6 Å². The summed E-state index contributed by atoms with van der Waals surface area (Å²) in [6.45, 7) is 8.09. The fraction of sp³-hybridized carbons (Fsp3) is 0.400. The van der Waals surface area contributed by atoms with Crippen molar-refractivity contribution in [2.45, 2.75) is 38.9 Å². The highest BCUT2D eigenvalue weighted by Gasteiger charge is 2.52. The van der Waals surface area contributed by atoms with Crippen LogP contribution in [-0.2, 0) is 9.31 Å². The van der Waals surface area contributed by atoms with E-state index in [4.69, 9.17) is 9.31 Å². The van der Waals surface area contributed by atoms with Crippen molar-refractivity contribution >= 4 is 23.5 Å². The van der Waals surface area contributed by atoms with Crippen molar-refractivity contribution in [3.05, 3.63) is 30.5 Å². The van der Waals surface area contributed by atoms with Gasteiger partial charge in [0.2, 0.25) is 0 Å². The second kappa shape index (κ2) is 4.20. The highest BCUT2D eigenvalue weighted by molar-refractivity contribution is 6.65. The summed E-state index contributed by atoms with van der Waals surface area (Å²) in [6.07, 6.45) is 1.67. The number of phenolic OH excluding ortho intramolecular Hbond substituents is 1. The zero-order valence-corrected chi connectivity index (χ0v) is 12.2. The fourth-order valence-corrected chi connectivity index (χ4v) is 2.36. The maximum absolute atomic E-state index is 9.90. The van der Waals surface area contributed by atoms with Crippen LogP contribution in [0.4, 0.5) is 0 Å². The lowest BCUT2D eigenvalue weighted by atomic mass is 9.77. The van der Waals surface area contributed by atoms with E-state index < -0.39 is 7.12 Å². The average Bonchev–Trinajstić information content (AvgIpc) is 2.58. The number of rotatable bonds is 1. The molecule has 0 radical (unpaired) electrons. The Bertz CT molecular complexity index is 653. The number of aromatic nitrogens is 1. The van der Waals surface area contributed by atoms with Gasteiger partial charge in [0.25, 0.3) is 0 Å². The zero-order valence-electron chi connectivity index (χ0n) is 12.2. The molecular weight excluding hydrogens is 253 g/mol. The number of hydrogen-bond acceptors (Lipinski definition) is 4. The normalized spacial score (nSPS) is 20.5. The molecule has 0 amide bonds. The number of nitrogens with zero attached hydrogens (tertiary/aromatic N) is 1. The van der Waals surface area contributed by atoms with Crippen molar-refractivity contribution in [1.29, 1.82) is 0 Å². The lowest BCUT2D eigenvalue weighted by molar-refractivity contribution is 0.00578. The number of hydrogen-bond donors (Lipinski definition) is 1. The first-order valence-electron chi connectivity index (χ1n) is 6.74. The summed E-state index contributed by atoms with van der Waals surface area (Å²) in [6, 6.07) is 7.23. The molecule has 2 heterocycles. The lowest BCUT2D eigenvalue weighted by Gasteiger charge is -2.32. The molecule has 0 bridgehead atoms. The summed E-state index contributed by atoms with van der Waals surface area (Å²) >= 11 is 0. The van der Waals surface area contributed by atoms with E-state index >= 15 is 0 Å². The van der Waals surface area contributed by atoms with E-state index in [-0.39, 0.29) is 17.0 Å². The van der Waals surface area contributed by atoms with E-state index in [1.165, 1.54) is 0 Å². The van der Waals surface area contributed by atoms with Crippen LogP contribution >= 0.6 is 0 Å². The van der Waals surface area contributed by atoms with E-state index in [2.05, 4.69) is 4.98 Å². The van der Waals surface area contributed by atoms with Gasteiger partial charge in [-0.3, -0.25) is 4.98 Å². The number of aromatic hydroxyl groups is 1. The molecule has 1 aromatic carbocycles. The van der Waals surface area contributed by atoms with Crippen LogP contribution < -0.4 is 5.46 Å². The third-order valence-electron chi connectivity index (χ3n) is 4.29. The van der Waals surface area contributed by atoms with Crippen LogP contribution in [0, 0.1) is 0 Å². The smallest absolute Gasteiger partial charge is 0.495 e. The van der Waals surface area contributed by atoms with Gasteiger partial charge < -0.3 is 14.4 Å². The van der Waals surface area contributed by atoms with E-state index in [0.717, 1.165) is 10.8 Å². The number of benzene rings is 1. The van der Waals surface area contributed by atoms with Crippen LogP contribution in [0.3, 0.4) is 0 Å². The van der Waals surface area contributed by atoms with E-state index in [1.54, 1.807) is 18.3 Å². The number of phenols is 1. The molecule has 2 aromatic rings. The minimum absolute atomic E-state index is 0.167. The van der Waals surface area contributed by atoms with Crippen LogP contribution in [0.25, 0.3) is 10.9 Å². The second-order valence-electron chi connectivity index (χ2n) is 6.16. The number of fused-ring (bicyclic) bond motifs is 1. The standard InChI is InChI=1S/C15H18BNO3/c1-14(2)15(3,4)20-16(19-14)11-8-9-17-13-10(11)6-5-7-12(13)18/h5-9,18H,1-4H3. The largest absolute Gasteiger partial charge is 0.506 e. The maximum atomic E-state index is 9.90. The fourth-order valence-electron chi connectivity index (χ4n) is 2.36. The Morgan fingerprint density at radius 3 is 2.35 bits per heavy atom. The molecule has 1 saturated heterocycles. The third-order valence-corrected chi connectivity index (χ3v) is 4.29. The molecule has 1 N–H and O–H groups in total. The molecule has 1 aliphatic rings. The van der Waals surface area contributed by atoms with E-state index in [9.17, 15) is 5.11 Å². The third kappa shape index (κ3) is 1.89. The molecule has 0 spiro atoms. The Morgan fingerprint density at radius 1 is 1.05 bits per heavy atom. The molecule has 104 valence electrons. The summed E-state index contributed by atoms with van der Waals surface area (Å²) in [7, 11) is -0.452. The molecule has 1 fully saturated rings. The quantitative estimate of drug-likeness (QED) is 0.808. The van der Waals surface area contributed by atoms with E-state index in [1.807, 2.05) is 39.8 Å². The second-order valence-corrected chi connectivity index (χ2v) is 6.16. The monoisotopic (exact) mass is 271 g/mol. The van der Waals surface area contributed by atoms with Crippen molar-refractivity contribution in [2.24, 2.45) is 0 Å². The molecular formula is C15H18BNO3. The van der Waals surface area contributed by atoms with Crippen LogP contribution in [0.5, 0.6) is 5.75 Å². The molecule has 1 aliphatic heterocycles. The summed E-state index contributed by atoms with van der Waals surface area (Å²) in [5.41, 5.74) is 0.693. The van der Waals surface area contributed by atoms with Crippen LogP contribution in [0.1, 0.15) is 27.7 Å². The van der Waals surface area contributed by atoms with Crippen LogP contribution in [0.2, 0.25) is 0 Å². The first kappa shape index (κ1) is 13.4. The Labute approximate surface area is 118 Å². The van der Waals surface area contributed by atoms with Crippen LogP contribution in [-0.4, -0.2) is 28.4 Å². The minimum atomic E-state index is -0.452. The maximum Gasteiger partial charge on any atom is 0.495 e. The van der Waals surface area contributed by atoms with Gasteiger partial charge in [-0.2, -0.15) is 0 Å². The van der Waals surface area contributed by atoms with Crippen molar-refractivity contribution in [2.75, 3.05) is 0 Å². The van der Waals surface area contributed by atoms with Gasteiger partial charge in [0.05, 0.1) is 11.2 Å².